The second kappa shape index (κ2) is 5.86. The second-order valence-electron chi connectivity index (χ2n) is 3.63. The number of carbonyl (C=O) groups is 2. The maximum atomic E-state index is 11.5. The minimum Gasteiger partial charge on any atom is -0.392 e. The van der Waals surface area contributed by atoms with Crippen molar-refractivity contribution in [2.45, 2.75) is 13.0 Å². The Labute approximate surface area is 98.8 Å². The van der Waals surface area contributed by atoms with Crippen molar-refractivity contribution in [3.63, 3.8) is 0 Å². The third kappa shape index (κ3) is 4.52. The highest BCUT2D eigenvalue weighted by atomic mass is 16.3. The smallest absolute Gasteiger partial charge is 0.316 e. The first-order valence-electron chi connectivity index (χ1n) is 5.12. The molecule has 0 heterocycles. The molecule has 0 aromatic heterocycles. The Bertz CT molecular complexity index is 401. The molecule has 6 nitrogen and oxygen atoms in total. The zero-order chi connectivity index (χ0) is 12.8. The van der Waals surface area contributed by atoms with Crippen LogP contribution in [0.25, 0.3) is 0 Å². The van der Waals surface area contributed by atoms with E-state index in [1.54, 1.807) is 31.2 Å². The first-order chi connectivity index (χ1) is 7.99. The average Bonchev–Trinajstić information content (AvgIpc) is 2.26. The summed E-state index contributed by atoms with van der Waals surface area (Å²) in [7, 11) is 0. The molecule has 0 fully saturated rings. The minimum atomic E-state index is -0.656. The van der Waals surface area contributed by atoms with Crippen LogP contribution in [-0.4, -0.2) is 29.7 Å². The number of aliphatic hydroxyl groups is 1. The van der Waals surface area contributed by atoms with Crippen LogP contribution in [0.15, 0.2) is 24.3 Å². The van der Waals surface area contributed by atoms with Gasteiger partial charge in [0.1, 0.15) is 0 Å². The normalized spacial score (nSPS) is 11.6. The van der Waals surface area contributed by atoms with Gasteiger partial charge in [-0.05, 0) is 31.2 Å². The molecule has 3 amide bonds. The number of hydrogen-bond acceptors (Lipinski definition) is 3. The van der Waals surface area contributed by atoms with Crippen LogP contribution >= 0.6 is 0 Å². The van der Waals surface area contributed by atoms with E-state index in [1.807, 2.05) is 0 Å². The zero-order valence-corrected chi connectivity index (χ0v) is 9.43. The molecule has 1 rings (SSSR count). The van der Waals surface area contributed by atoms with Crippen LogP contribution in [-0.2, 0) is 0 Å². The highest BCUT2D eigenvalue weighted by Crippen LogP contribution is 2.09. The van der Waals surface area contributed by atoms with Crippen LogP contribution in [0.1, 0.15) is 17.3 Å². The fourth-order valence-electron chi connectivity index (χ4n) is 1.19. The number of carbonyl (C=O) groups excluding carboxylic acids is 2. The van der Waals surface area contributed by atoms with E-state index in [0.717, 1.165) is 0 Å². The summed E-state index contributed by atoms with van der Waals surface area (Å²) in [5.41, 5.74) is 5.91. The highest BCUT2D eigenvalue weighted by molar-refractivity contribution is 5.95. The summed E-state index contributed by atoms with van der Waals surface area (Å²) in [6.07, 6.45) is -0.588. The maximum Gasteiger partial charge on any atom is 0.316 e. The molecule has 1 atom stereocenters. The van der Waals surface area contributed by atoms with Crippen molar-refractivity contribution < 1.29 is 14.7 Å². The van der Waals surface area contributed by atoms with Gasteiger partial charge in [-0.15, -0.1) is 0 Å². The predicted octanol–water partition coefficient (Wildman–Crippen LogP) is 0.288. The molecule has 1 aromatic carbocycles. The summed E-state index contributed by atoms with van der Waals surface area (Å²) in [4.78, 5) is 22.1. The lowest BCUT2D eigenvalue weighted by Crippen LogP contribution is -2.30. The van der Waals surface area contributed by atoms with Gasteiger partial charge in [-0.3, -0.25) is 4.79 Å². The van der Waals surface area contributed by atoms with E-state index in [1.165, 1.54) is 0 Å². The molecule has 0 saturated heterocycles. The van der Waals surface area contributed by atoms with Crippen LogP contribution in [0.2, 0.25) is 0 Å². The molecule has 1 aromatic rings. The molecule has 0 aliphatic rings. The highest BCUT2D eigenvalue weighted by Gasteiger charge is 2.06. The van der Waals surface area contributed by atoms with E-state index in [-0.39, 0.29) is 12.5 Å². The van der Waals surface area contributed by atoms with E-state index in [4.69, 9.17) is 10.8 Å². The Hall–Kier alpha value is -2.08. The number of anilines is 1. The number of nitrogens with one attached hydrogen (secondary N) is 2. The third-order valence-electron chi connectivity index (χ3n) is 1.97. The lowest BCUT2D eigenvalue weighted by Gasteiger charge is -2.07. The maximum absolute atomic E-state index is 11.5. The van der Waals surface area contributed by atoms with Gasteiger partial charge in [-0.2, -0.15) is 0 Å². The van der Waals surface area contributed by atoms with Gasteiger partial charge in [0, 0.05) is 17.8 Å². The van der Waals surface area contributed by atoms with Crippen molar-refractivity contribution in [2.75, 3.05) is 11.9 Å². The van der Waals surface area contributed by atoms with E-state index in [9.17, 15) is 9.59 Å². The van der Waals surface area contributed by atoms with Crippen LogP contribution in [0.5, 0.6) is 0 Å². The van der Waals surface area contributed by atoms with Crippen molar-refractivity contribution in [3.8, 4) is 0 Å². The summed E-state index contributed by atoms with van der Waals surface area (Å²) in [6.45, 7) is 1.78. The first-order valence-corrected chi connectivity index (χ1v) is 5.12. The summed E-state index contributed by atoms with van der Waals surface area (Å²) in [5, 5.41) is 14.0. The molecule has 0 spiro atoms. The van der Waals surface area contributed by atoms with Gasteiger partial charge in [-0.1, -0.05) is 0 Å². The molecular weight excluding hydrogens is 222 g/mol. The summed E-state index contributed by atoms with van der Waals surface area (Å²) in [6, 6.07) is 5.60. The lowest BCUT2D eigenvalue weighted by molar-refractivity contribution is 0.0924. The van der Waals surface area contributed by atoms with Gasteiger partial charge >= 0.3 is 6.03 Å². The third-order valence-corrected chi connectivity index (χ3v) is 1.97. The molecule has 0 aliphatic heterocycles. The fourth-order valence-corrected chi connectivity index (χ4v) is 1.19. The first kappa shape index (κ1) is 13.0. The second-order valence-corrected chi connectivity index (χ2v) is 3.63. The largest absolute Gasteiger partial charge is 0.392 e. The number of urea groups is 1. The zero-order valence-electron chi connectivity index (χ0n) is 9.43. The van der Waals surface area contributed by atoms with Crippen LogP contribution in [0, 0.1) is 0 Å². The Kier molecular flexibility index (Phi) is 4.47. The number of nitrogens with two attached hydrogens (primary N) is 1. The lowest BCUT2D eigenvalue weighted by atomic mass is 10.2. The topological polar surface area (TPSA) is 104 Å². The Morgan fingerprint density at radius 2 is 1.94 bits per heavy atom. The molecule has 0 unspecified atom stereocenters. The fraction of sp³-hybridized carbons (Fsp3) is 0.273. The number of primary amides is 1. The Morgan fingerprint density at radius 1 is 1.35 bits per heavy atom. The van der Waals surface area contributed by atoms with Crippen LogP contribution < -0.4 is 16.4 Å². The number of benzene rings is 1. The Morgan fingerprint density at radius 3 is 2.41 bits per heavy atom. The van der Waals surface area contributed by atoms with Crippen molar-refractivity contribution in [1.82, 2.24) is 5.32 Å². The van der Waals surface area contributed by atoms with Crippen LogP contribution in [0.3, 0.4) is 0 Å². The summed E-state index contributed by atoms with van der Waals surface area (Å²) < 4.78 is 0. The van der Waals surface area contributed by atoms with Gasteiger partial charge in [0.15, 0.2) is 0 Å². The van der Waals surface area contributed by atoms with E-state index < -0.39 is 12.1 Å². The van der Waals surface area contributed by atoms with Gasteiger partial charge in [0.25, 0.3) is 5.91 Å². The number of rotatable bonds is 4. The molecular formula is C11H15N3O3. The van der Waals surface area contributed by atoms with Crippen molar-refractivity contribution in [1.29, 1.82) is 0 Å². The van der Waals surface area contributed by atoms with Gasteiger partial charge in [0.05, 0.1) is 6.10 Å². The summed E-state index contributed by atoms with van der Waals surface area (Å²) in [5.74, 6) is -0.281. The molecule has 6 heteroatoms. The number of hydrogen-bond donors (Lipinski definition) is 4. The molecule has 17 heavy (non-hydrogen) atoms. The van der Waals surface area contributed by atoms with E-state index in [2.05, 4.69) is 10.6 Å². The molecule has 0 saturated carbocycles. The standard InChI is InChI=1S/C11H15N3O3/c1-7(15)6-13-10(16)8-2-4-9(5-3-8)14-11(12)17/h2-5,7,15H,6H2,1H3,(H,13,16)(H3,12,14,17)/t7-/m0/s1. The predicted molar refractivity (Wildman–Crippen MR) is 63.7 cm³/mol. The molecule has 0 aliphatic carbocycles. The summed E-state index contributed by atoms with van der Waals surface area (Å²) >= 11 is 0. The van der Waals surface area contributed by atoms with E-state index >= 15 is 0 Å². The van der Waals surface area contributed by atoms with Gasteiger partial charge < -0.3 is 21.5 Å². The average molecular weight is 237 g/mol. The SMILES string of the molecule is C[C@H](O)CNC(=O)c1ccc(NC(N)=O)cc1. The minimum absolute atomic E-state index is 0.195. The van der Waals surface area contributed by atoms with Crippen molar-refractivity contribution in [3.05, 3.63) is 29.8 Å². The van der Waals surface area contributed by atoms with Crippen LogP contribution in [0.4, 0.5) is 10.5 Å². The monoisotopic (exact) mass is 237 g/mol. The van der Waals surface area contributed by atoms with Gasteiger partial charge in [-0.25, -0.2) is 4.79 Å². The quantitative estimate of drug-likeness (QED) is 0.604. The molecule has 0 bridgehead atoms. The van der Waals surface area contributed by atoms with Gasteiger partial charge in [0.2, 0.25) is 0 Å². The Balaban J connectivity index is 2.60. The molecule has 0 radical (unpaired) electrons. The molecule has 92 valence electrons. The number of amides is 3. The van der Waals surface area contributed by atoms with Crippen molar-refractivity contribution >= 4 is 17.6 Å². The number of aliphatic hydroxyl groups excluding tert-OH is 1. The molecule has 5 N–H and O–H groups in total. The van der Waals surface area contributed by atoms with E-state index in [0.29, 0.717) is 11.3 Å². The van der Waals surface area contributed by atoms with Crippen molar-refractivity contribution in [2.24, 2.45) is 5.73 Å².